The van der Waals surface area contributed by atoms with Crippen LogP contribution in [0.25, 0.3) is 0 Å². The number of pyridine rings is 1. The zero-order chi connectivity index (χ0) is 14.4. The molecule has 0 aliphatic heterocycles. The highest BCUT2D eigenvalue weighted by Gasteiger charge is 2.14. The van der Waals surface area contributed by atoms with Crippen LogP contribution in [-0.2, 0) is 10.0 Å². The summed E-state index contributed by atoms with van der Waals surface area (Å²) < 4.78 is 26.2. The molecule has 0 saturated carbocycles. The Morgan fingerprint density at radius 1 is 1.25 bits per heavy atom. The second kappa shape index (κ2) is 6.60. The molecule has 1 amide bonds. The van der Waals surface area contributed by atoms with Crippen LogP contribution in [0, 0.1) is 0 Å². The fourth-order valence-electron chi connectivity index (χ4n) is 1.45. The number of carbonyl (C=O) groups excluding carboxylic acids is 1. The number of thiophene rings is 1. The summed E-state index contributed by atoms with van der Waals surface area (Å²) in [5, 5.41) is 4.31. The number of carbonyl (C=O) groups is 1. The quantitative estimate of drug-likeness (QED) is 0.774. The van der Waals surface area contributed by atoms with Crippen molar-refractivity contribution in [1.29, 1.82) is 0 Å². The summed E-state index contributed by atoms with van der Waals surface area (Å²) in [5.74, 6) is -0.284. The number of nitrogens with one attached hydrogen (secondary N) is 2. The number of nitrogens with zero attached hydrogens (tertiary/aromatic N) is 1. The van der Waals surface area contributed by atoms with Crippen molar-refractivity contribution in [2.45, 2.75) is 4.21 Å². The normalized spacial score (nSPS) is 11.2. The number of rotatable bonds is 6. The van der Waals surface area contributed by atoms with E-state index in [4.69, 9.17) is 0 Å². The van der Waals surface area contributed by atoms with Gasteiger partial charge in [0.15, 0.2) is 0 Å². The maximum absolute atomic E-state index is 11.8. The van der Waals surface area contributed by atoms with Crippen LogP contribution >= 0.6 is 11.3 Å². The van der Waals surface area contributed by atoms with E-state index in [1.54, 1.807) is 29.8 Å². The van der Waals surface area contributed by atoms with Crippen LogP contribution in [-0.4, -0.2) is 32.4 Å². The molecule has 20 heavy (non-hydrogen) atoms. The first-order valence-corrected chi connectivity index (χ1v) is 8.17. The summed E-state index contributed by atoms with van der Waals surface area (Å²) in [7, 11) is -3.47. The van der Waals surface area contributed by atoms with Crippen LogP contribution in [0.2, 0.25) is 0 Å². The molecule has 2 N–H and O–H groups in total. The molecular weight excluding hydrogens is 298 g/mol. The molecule has 0 radical (unpaired) electrons. The highest BCUT2D eigenvalue weighted by atomic mass is 32.2. The first-order chi connectivity index (χ1) is 9.59. The summed E-state index contributed by atoms with van der Waals surface area (Å²) in [4.78, 5) is 15.5. The van der Waals surface area contributed by atoms with Gasteiger partial charge in [-0.25, -0.2) is 13.1 Å². The largest absolute Gasteiger partial charge is 0.351 e. The van der Waals surface area contributed by atoms with Crippen molar-refractivity contribution in [3.8, 4) is 0 Å². The molecule has 8 heteroatoms. The Morgan fingerprint density at radius 2 is 2.10 bits per heavy atom. The minimum absolute atomic E-state index is 0.131. The molecule has 0 spiro atoms. The van der Waals surface area contributed by atoms with Gasteiger partial charge in [-0.15, -0.1) is 11.3 Å². The van der Waals surface area contributed by atoms with Crippen LogP contribution < -0.4 is 10.0 Å². The smallest absolute Gasteiger partial charge is 0.252 e. The molecule has 0 aliphatic rings. The molecule has 0 unspecified atom stereocenters. The second-order valence-electron chi connectivity index (χ2n) is 3.83. The lowest BCUT2D eigenvalue weighted by Gasteiger charge is -2.06. The van der Waals surface area contributed by atoms with Crippen LogP contribution in [0.15, 0.2) is 46.2 Å². The third kappa shape index (κ3) is 3.86. The highest BCUT2D eigenvalue weighted by Crippen LogP contribution is 2.14. The van der Waals surface area contributed by atoms with Gasteiger partial charge in [-0.05, 0) is 23.6 Å². The van der Waals surface area contributed by atoms with Gasteiger partial charge in [-0.3, -0.25) is 9.78 Å². The average Bonchev–Trinajstić information content (AvgIpc) is 2.99. The predicted molar refractivity (Wildman–Crippen MR) is 76.1 cm³/mol. The third-order valence-electron chi connectivity index (χ3n) is 2.39. The molecule has 2 rings (SSSR count). The lowest BCUT2D eigenvalue weighted by atomic mass is 10.3. The predicted octanol–water partition coefficient (Wildman–Crippen LogP) is 0.851. The fraction of sp³-hybridized carbons (Fsp3) is 0.167. The van der Waals surface area contributed by atoms with Crippen molar-refractivity contribution >= 4 is 27.3 Å². The van der Waals surface area contributed by atoms with Crippen molar-refractivity contribution in [3.05, 3.63) is 47.6 Å². The number of hydrogen-bond acceptors (Lipinski definition) is 5. The van der Waals surface area contributed by atoms with E-state index in [-0.39, 0.29) is 23.2 Å². The fourth-order valence-corrected chi connectivity index (χ4v) is 3.52. The van der Waals surface area contributed by atoms with Gasteiger partial charge in [-0.1, -0.05) is 6.07 Å². The first-order valence-electron chi connectivity index (χ1n) is 5.81. The molecular formula is C12H13N3O3S2. The second-order valence-corrected chi connectivity index (χ2v) is 6.77. The Morgan fingerprint density at radius 3 is 2.75 bits per heavy atom. The molecule has 0 atom stereocenters. The van der Waals surface area contributed by atoms with E-state index >= 15 is 0 Å². The lowest BCUT2D eigenvalue weighted by Crippen LogP contribution is -2.34. The monoisotopic (exact) mass is 311 g/mol. The van der Waals surface area contributed by atoms with E-state index in [1.165, 1.54) is 12.3 Å². The van der Waals surface area contributed by atoms with Crippen molar-refractivity contribution < 1.29 is 13.2 Å². The Hall–Kier alpha value is -1.77. The topological polar surface area (TPSA) is 88.2 Å². The number of hydrogen-bond donors (Lipinski definition) is 2. The number of amides is 1. The van der Waals surface area contributed by atoms with Crippen molar-refractivity contribution in [2.75, 3.05) is 13.1 Å². The van der Waals surface area contributed by atoms with E-state index in [0.717, 1.165) is 11.3 Å². The Balaban J connectivity index is 1.79. The van der Waals surface area contributed by atoms with Gasteiger partial charge in [0, 0.05) is 25.5 Å². The Kier molecular flexibility index (Phi) is 4.83. The molecule has 0 bridgehead atoms. The van der Waals surface area contributed by atoms with Crippen molar-refractivity contribution in [2.24, 2.45) is 0 Å². The zero-order valence-electron chi connectivity index (χ0n) is 10.4. The molecule has 0 aliphatic carbocycles. The Bertz CT molecular complexity index is 655. The van der Waals surface area contributed by atoms with Crippen LogP contribution in [0.3, 0.4) is 0 Å². The van der Waals surface area contributed by atoms with Crippen LogP contribution in [0.5, 0.6) is 0 Å². The number of aromatic nitrogens is 1. The van der Waals surface area contributed by atoms with Crippen LogP contribution in [0.1, 0.15) is 10.4 Å². The SMILES string of the molecule is O=C(NCCNS(=O)(=O)c1cccs1)c1cccnc1. The van der Waals surface area contributed by atoms with Crippen LogP contribution in [0.4, 0.5) is 0 Å². The molecule has 106 valence electrons. The lowest BCUT2D eigenvalue weighted by molar-refractivity contribution is 0.0954. The summed E-state index contributed by atoms with van der Waals surface area (Å²) >= 11 is 1.15. The number of sulfonamides is 1. The van der Waals surface area contributed by atoms with Gasteiger partial charge in [-0.2, -0.15) is 0 Å². The van der Waals surface area contributed by atoms with Gasteiger partial charge in [0.25, 0.3) is 5.91 Å². The van der Waals surface area contributed by atoms with E-state index in [9.17, 15) is 13.2 Å². The molecule has 6 nitrogen and oxygen atoms in total. The first kappa shape index (κ1) is 14.6. The molecule has 0 fully saturated rings. The van der Waals surface area contributed by atoms with Gasteiger partial charge in [0.2, 0.25) is 10.0 Å². The average molecular weight is 311 g/mol. The molecule has 0 saturated heterocycles. The van der Waals surface area contributed by atoms with Gasteiger partial charge in [0.05, 0.1) is 5.56 Å². The standard InChI is InChI=1S/C12H13N3O3S2/c16-12(10-3-1-5-13-9-10)14-6-7-15-20(17,18)11-4-2-8-19-11/h1-5,8-9,15H,6-7H2,(H,14,16). The zero-order valence-corrected chi connectivity index (χ0v) is 12.1. The summed E-state index contributed by atoms with van der Waals surface area (Å²) in [6.07, 6.45) is 3.02. The van der Waals surface area contributed by atoms with Crippen molar-refractivity contribution in [3.63, 3.8) is 0 Å². The summed E-state index contributed by atoms with van der Waals surface area (Å²) in [6.45, 7) is 0.338. The molecule has 2 aromatic heterocycles. The highest BCUT2D eigenvalue weighted by molar-refractivity contribution is 7.91. The molecule has 2 heterocycles. The van der Waals surface area contributed by atoms with E-state index in [1.807, 2.05) is 0 Å². The summed E-state index contributed by atoms with van der Waals surface area (Å²) in [5.41, 5.74) is 0.439. The maximum atomic E-state index is 11.8. The Labute approximate surface area is 120 Å². The van der Waals surface area contributed by atoms with Gasteiger partial charge >= 0.3 is 0 Å². The van der Waals surface area contributed by atoms with Gasteiger partial charge in [0.1, 0.15) is 4.21 Å². The van der Waals surface area contributed by atoms with Gasteiger partial charge < -0.3 is 5.32 Å². The summed E-state index contributed by atoms with van der Waals surface area (Å²) in [6, 6.07) is 6.50. The van der Waals surface area contributed by atoms with E-state index in [2.05, 4.69) is 15.0 Å². The molecule has 0 aromatic carbocycles. The minimum Gasteiger partial charge on any atom is -0.351 e. The van der Waals surface area contributed by atoms with Crippen molar-refractivity contribution in [1.82, 2.24) is 15.0 Å². The third-order valence-corrected chi connectivity index (χ3v) is 5.24. The van der Waals surface area contributed by atoms with E-state index in [0.29, 0.717) is 5.56 Å². The minimum atomic E-state index is -3.47. The molecule has 2 aromatic rings. The van der Waals surface area contributed by atoms with E-state index < -0.39 is 10.0 Å². The maximum Gasteiger partial charge on any atom is 0.252 e.